The number of carbonyl (C=O) groups is 4. The zero-order valence-electron chi connectivity index (χ0n) is 46.5. The van der Waals surface area contributed by atoms with Gasteiger partial charge in [0.1, 0.15) is 35.1 Å². The number of aliphatic hydroxyl groups is 1. The van der Waals surface area contributed by atoms with Crippen molar-refractivity contribution in [3.8, 4) is 0 Å². The van der Waals surface area contributed by atoms with Crippen molar-refractivity contribution in [1.82, 2.24) is 0 Å². The summed E-state index contributed by atoms with van der Waals surface area (Å²) in [5.41, 5.74) is -8.38. The van der Waals surface area contributed by atoms with E-state index in [1.165, 1.54) is 71.8 Å². The molecule has 0 saturated carbocycles. The average Bonchev–Trinajstić information content (AvgIpc) is 3.48. The number of esters is 4. The Kier molecular flexibility index (Phi) is 23.3. The molecule has 2 aliphatic rings. The fourth-order valence-electron chi connectivity index (χ4n) is 9.37. The van der Waals surface area contributed by atoms with Gasteiger partial charge in [0.05, 0.1) is 0 Å². The molecule has 8 atom stereocenters. The lowest BCUT2D eigenvalue weighted by molar-refractivity contribution is -0.387. The van der Waals surface area contributed by atoms with Gasteiger partial charge in [-0.1, -0.05) is 134 Å². The first-order valence-corrected chi connectivity index (χ1v) is 26.5. The van der Waals surface area contributed by atoms with E-state index < -0.39 is 87.9 Å². The van der Waals surface area contributed by atoms with Crippen molar-refractivity contribution in [2.45, 2.75) is 270 Å². The van der Waals surface area contributed by atoms with E-state index in [1.54, 1.807) is 76.2 Å². The molecule has 0 radical (unpaired) electrons. The first kappa shape index (κ1) is 61.9. The number of methoxy groups -OCH3 is 1. The third-order valence-electron chi connectivity index (χ3n) is 12.8. The van der Waals surface area contributed by atoms with Gasteiger partial charge in [-0.2, -0.15) is 0 Å². The number of fused-ring (bicyclic) bond motifs is 2. The zero-order chi connectivity index (χ0) is 53.5. The quantitative estimate of drug-likeness (QED) is 0.0254. The third kappa shape index (κ3) is 17.9. The van der Waals surface area contributed by atoms with Gasteiger partial charge in [-0.25, -0.2) is 14.4 Å². The molecule has 2 unspecified atom stereocenters. The van der Waals surface area contributed by atoms with Crippen LogP contribution >= 0.6 is 0 Å². The molecule has 2 heterocycles. The minimum absolute atomic E-state index is 0.00628. The SMILES string of the molecule is C=C(CC[C@@]12O[C@H](C(=O)OC(C)(C)C)[C@@](O)(C(=O)OC(C)(C)C)[C@@](C(=O)OC(C)(C)C)(O1)[C@H](OCCCCCCCCCCCCCCCC)[C@H]2OC(C)(C)OC)C(OC(C)=O)C(C)Cc1ccccc1. The van der Waals surface area contributed by atoms with Gasteiger partial charge in [-0.05, 0) is 107 Å². The zero-order valence-corrected chi connectivity index (χ0v) is 46.5. The van der Waals surface area contributed by atoms with Crippen LogP contribution in [0.2, 0.25) is 0 Å². The Hall–Kier alpha value is -3.40. The molecule has 406 valence electrons. The maximum absolute atomic E-state index is 15.5. The first-order valence-electron chi connectivity index (χ1n) is 26.5. The summed E-state index contributed by atoms with van der Waals surface area (Å²) in [6.45, 7) is 27.7. The Morgan fingerprint density at radius 2 is 1.21 bits per heavy atom. The molecule has 2 saturated heterocycles. The van der Waals surface area contributed by atoms with Gasteiger partial charge in [-0.3, -0.25) is 4.79 Å². The summed E-state index contributed by atoms with van der Waals surface area (Å²) in [5.74, 6) is -8.23. The summed E-state index contributed by atoms with van der Waals surface area (Å²) >= 11 is 0. The first-order chi connectivity index (χ1) is 33.0. The molecule has 3 rings (SSSR count). The molecule has 0 spiro atoms. The van der Waals surface area contributed by atoms with E-state index in [-0.39, 0.29) is 25.4 Å². The molecular formula is C57H94O14. The Bertz CT molecular complexity index is 1840. The van der Waals surface area contributed by atoms with E-state index in [0.29, 0.717) is 18.4 Å². The molecule has 0 amide bonds. The molecule has 71 heavy (non-hydrogen) atoms. The van der Waals surface area contributed by atoms with Gasteiger partial charge in [0.2, 0.25) is 23.1 Å². The maximum Gasteiger partial charge on any atom is 0.346 e. The monoisotopic (exact) mass is 1000 g/mol. The molecule has 0 aliphatic carbocycles. The van der Waals surface area contributed by atoms with Crippen LogP contribution < -0.4 is 0 Å². The van der Waals surface area contributed by atoms with Crippen LogP contribution in [0.15, 0.2) is 42.5 Å². The fraction of sp³-hybridized carbons (Fsp3) is 0.789. The summed E-state index contributed by atoms with van der Waals surface area (Å²) in [6, 6.07) is 9.77. The number of carbonyl (C=O) groups excluding carboxylic acids is 4. The van der Waals surface area contributed by atoms with Crippen molar-refractivity contribution in [3.05, 3.63) is 48.0 Å². The Labute approximate surface area is 427 Å². The van der Waals surface area contributed by atoms with E-state index in [0.717, 1.165) is 31.2 Å². The highest BCUT2D eigenvalue weighted by Gasteiger charge is 2.86. The van der Waals surface area contributed by atoms with Crippen LogP contribution in [0, 0.1) is 5.92 Å². The molecule has 2 fully saturated rings. The van der Waals surface area contributed by atoms with E-state index in [2.05, 4.69) is 13.5 Å². The lowest BCUT2D eigenvalue weighted by Crippen LogP contribution is -2.79. The van der Waals surface area contributed by atoms with Crippen molar-refractivity contribution < 1.29 is 66.9 Å². The van der Waals surface area contributed by atoms with Crippen molar-refractivity contribution in [2.75, 3.05) is 13.7 Å². The Balaban J connectivity index is 2.19. The molecule has 1 N–H and O–H groups in total. The van der Waals surface area contributed by atoms with Crippen LogP contribution in [-0.2, 0) is 68.2 Å². The van der Waals surface area contributed by atoms with Crippen molar-refractivity contribution in [2.24, 2.45) is 5.92 Å². The summed E-state index contributed by atoms with van der Waals surface area (Å²) in [6.07, 6.45) is 9.95. The predicted molar refractivity (Wildman–Crippen MR) is 273 cm³/mol. The van der Waals surface area contributed by atoms with Crippen LogP contribution in [0.1, 0.15) is 205 Å². The number of hydrogen-bond donors (Lipinski definition) is 1. The van der Waals surface area contributed by atoms with Crippen LogP contribution in [0.5, 0.6) is 0 Å². The summed E-state index contributed by atoms with van der Waals surface area (Å²) in [4.78, 5) is 58.0. The molecule has 1 aromatic rings. The van der Waals surface area contributed by atoms with Crippen molar-refractivity contribution >= 4 is 23.9 Å². The standard InChI is InChI=1S/C57H94O14/c1-17-18-19-20-21-22-23-24-25-26-27-28-29-33-38-64-46-45(66-54(14,15)63-16)55(37-36-40(2)44(65-42(4)58)41(3)39-43-34-31-30-32-35-43)67-47(48(59)68-51(5,6)7)56(62,49(60)69-52(8,9)10)57(46,71-55)50(61)70-53(11,12)13/h30-32,34-35,41,44-47,62H,2,17-29,33,36-39H2,1,3-16H3/t41?,44?,45-,46-,47-,55-,56-,57-/m1/s1. The normalized spacial score (nSPS) is 24.5. The highest BCUT2D eigenvalue weighted by Crippen LogP contribution is 2.59. The summed E-state index contributed by atoms with van der Waals surface area (Å²) < 4.78 is 57.1. The Morgan fingerprint density at radius 1 is 0.718 bits per heavy atom. The third-order valence-corrected chi connectivity index (χ3v) is 12.8. The second-order valence-electron chi connectivity index (χ2n) is 23.3. The van der Waals surface area contributed by atoms with Crippen molar-refractivity contribution in [3.63, 3.8) is 0 Å². The van der Waals surface area contributed by atoms with E-state index >= 15 is 9.59 Å². The molecule has 14 nitrogen and oxygen atoms in total. The Morgan fingerprint density at radius 3 is 1.69 bits per heavy atom. The number of benzene rings is 1. The second-order valence-corrected chi connectivity index (χ2v) is 23.3. The minimum atomic E-state index is -3.31. The number of ether oxygens (including phenoxy) is 9. The number of unbranched alkanes of at least 4 members (excludes halogenated alkanes) is 13. The topological polar surface area (TPSA) is 172 Å². The molecule has 1 aromatic carbocycles. The predicted octanol–water partition coefficient (Wildman–Crippen LogP) is 11.4. The van der Waals surface area contributed by atoms with Crippen molar-refractivity contribution in [1.29, 1.82) is 0 Å². The number of rotatable bonds is 30. The van der Waals surface area contributed by atoms with Crippen LogP contribution in [0.25, 0.3) is 0 Å². The lowest BCUT2D eigenvalue weighted by atomic mass is 9.74. The van der Waals surface area contributed by atoms with Gasteiger partial charge >= 0.3 is 23.9 Å². The van der Waals surface area contributed by atoms with Gasteiger partial charge in [0.15, 0.2) is 5.79 Å². The van der Waals surface area contributed by atoms with Crippen LogP contribution in [0.3, 0.4) is 0 Å². The fourth-order valence-corrected chi connectivity index (χ4v) is 9.37. The summed E-state index contributed by atoms with van der Waals surface area (Å²) in [7, 11) is 1.43. The highest BCUT2D eigenvalue weighted by atomic mass is 16.8. The smallest absolute Gasteiger partial charge is 0.346 e. The van der Waals surface area contributed by atoms with Gasteiger partial charge in [0, 0.05) is 33.0 Å². The van der Waals surface area contributed by atoms with Crippen LogP contribution in [-0.4, -0.2) is 107 Å². The summed E-state index contributed by atoms with van der Waals surface area (Å²) in [5, 5.41) is 13.5. The molecular weight excluding hydrogens is 909 g/mol. The van der Waals surface area contributed by atoms with Crippen LogP contribution in [0.4, 0.5) is 0 Å². The molecule has 2 aliphatic heterocycles. The second kappa shape index (κ2) is 26.7. The van der Waals surface area contributed by atoms with E-state index in [1.807, 2.05) is 37.3 Å². The highest BCUT2D eigenvalue weighted by molar-refractivity contribution is 5.99. The van der Waals surface area contributed by atoms with Gasteiger partial charge < -0.3 is 47.7 Å². The molecule has 14 heteroatoms. The molecule has 0 aromatic heterocycles. The average molecular weight is 1000 g/mol. The number of hydrogen-bond acceptors (Lipinski definition) is 14. The van der Waals surface area contributed by atoms with Gasteiger partial charge in [0.25, 0.3) is 0 Å². The lowest BCUT2D eigenvalue weighted by Gasteiger charge is -2.51. The minimum Gasteiger partial charge on any atom is -0.458 e. The van der Waals surface area contributed by atoms with E-state index in [9.17, 15) is 14.7 Å². The van der Waals surface area contributed by atoms with Gasteiger partial charge in [-0.15, -0.1) is 0 Å². The van der Waals surface area contributed by atoms with E-state index in [4.69, 9.17) is 42.6 Å². The largest absolute Gasteiger partial charge is 0.458 e. The maximum atomic E-state index is 15.5. The molecule has 2 bridgehead atoms.